The van der Waals surface area contributed by atoms with E-state index < -0.39 is 0 Å². The molecule has 0 aromatic carbocycles. The van der Waals surface area contributed by atoms with E-state index in [4.69, 9.17) is 0 Å². The Kier molecular flexibility index (Phi) is 2.54. The topological polar surface area (TPSA) is 49.2 Å². The van der Waals surface area contributed by atoms with E-state index in [1.54, 1.807) is 0 Å². The molecule has 4 atom stereocenters. The zero-order chi connectivity index (χ0) is 12.0. The number of nitrogens with zero attached hydrogens (tertiary/aromatic N) is 3. The number of aliphatic hydroxyl groups excluding tert-OH is 1. The van der Waals surface area contributed by atoms with Crippen LogP contribution in [0, 0.1) is 17.8 Å². The number of aromatic nitrogens is 2. The molecule has 1 aliphatic carbocycles. The van der Waals surface area contributed by atoms with Gasteiger partial charge in [0, 0.05) is 25.5 Å². The van der Waals surface area contributed by atoms with Gasteiger partial charge in [0.1, 0.15) is 0 Å². The molecule has 0 spiro atoms. The zero-order valence-corrected chi connectivity index (χ0v) is 10.4. The number of aliphatic hydroxyl groups is 1. The molecule has 0 bridgehead atoms. The van der Waals surface area contributed by atoms with Crippen molar-refractivity contribution in [2.45, 2.75) is 26.4 Å². The van der Waals surface area contributed by atoms with Crippen molar-refractivity contribution in [2.24, 2.45) is 17.8 Å². The maximum absolute atomic E-state index is 9.57. The quantitative estimate of drug-likeness (QED) is 0.849. The summed E-state index contributed by atoms with van der Waals surface area (Å²) in [6.07, 6.45) is 4.66. The van der Waals surface area contributed by atoms with Gasteiger partial charge in [0.15, 0.2) is 0 Å². The minimum Gasteiger partial charge on any atom is -0.393 e. The second-order valence-electron chi connectivity index (χ2n) is 5.30. The molecule has 0 radical (unpaired) electrons. The van der Waals surface area contributed by atoms with E-state index in [9.17, 15) is 5.11 Å². The zero-order valence-electron chi connectivity index (χ0n) is 10.4. The van der Waals surface area contributed by atoms with Crippen molar-refractivity contribution in [3.63, 3.8) is 0 Å². The monoisotopic (exact) mass is 233 g/mol. The third kappa shape index (κ3) is 1.80. The molecule has 1 aromatic rings. The first-order chi connectivity index (χ1) is 8.20. The average Bonchev–Trinajstić information content (AvgIpc) is 2.86. The van der Waals surface area contributed by atoms with Crippen LogP contribution in [0.15, 0.2) is 12.4 Å². The van der Waals surface area contributed by atoms with Gasteiger partial charge in [-0.25, -0.2) is 9.97 Å². The van der Waals surface area contributed by atoms with Crippen molar-refractivity contribution >= 4 is 5.95 Å². The number of aryl methyl sites for hydroxylation is 1. The van der Waals surface area contributed by atoms with Crippen molar-refractivity contribution in [1.29, 1.82) is 0 Å². The highest BCUT2D eigenvalue weighted by Gasteiger charge is 2.57. The largest absolute Gasteiger partial charge is 0.393 e. The lowest BCUT2D eigenvalue weighted by Gasteiger charge is -2.20. The van der Waals surface area contributed by atoms with Gasteiger partial charge in [-0.3, -0.25) is 0 Å². The second kappa shape index (κ2) is 3.95. The van der Waals surface area contributed by atoms with Gasteiger partial charge >= 0.3 is 0 Å². The first-order valence-corrected chi connectivity index (χ1v) is 6.44. The smallest absolute Gasteiger partial charge is 0.225 e. The Bertz CT molecular complexity index is 392. The van der Waals surface area contributed by atoms with Crippen LogP contribution in [-0.2, 0) is 6.42 Å². The average molecular weight is 233 g/mol. The van der Waals surface area contributed by atoms with Crippen LogP contribution in [0.2, 0.25) is 0 Å². The van der Waals surface area contributed by atoms with Crippen molar-refractivity contribution < 1.29 is 5.11 Å². The highest BCUT2D eigenvalue weighted by atomic mass is 16.3. The minimum absolute atomic E-state index is 0.157. The molecule has 3 rings (SSSR count). The lowest BCUT2D eigenvalue weighted by Crippen LogP contribution is -2.28. The van der Waals surface area contributed by atoms with E-state index in [0.717, 1.165) is 25.5 Å². The number of fused-ring (bicyclic) bond motifs is 1. The first-order valence-electron chi connectivity index (χ1n) is 6.44. The van der Waals surface area contributed by atoms with E-state index in [0.29, 0.717) is 17.8 Å². The van der Waals surface area contributed by atoms with Crippen LogP contribution in [0.25, 0.3) is 0 Å². The van der Waals surface area contributed by atoms with Crippen LogP contribution in [0.3, 0.4) is 0 Å². The Labute approximate surface area is 102 Å². The van der Waals surface area contributed by atoms with Crippen LogP contribution in [0.4, 0.5) is 5.95 Å². The number of rotatable bonds is 3. The molecular weight excluding hydrogens is 214 g/mol. The summed E-state index contributed by atoms with van der Waals surface area (Å²) >= 11 is 0. The molecule has 1 saturated carbocycles. The molecule has 1 aromatic heterocycles. The van der Waals surface area contributed by atoms with Crippen LogP contribution < -0.4 is 4.90 Å². The maximum Gasteiger partial charge on any atom is 0.225 e. The molecule has 4 heteroatoms. The van der Waals surface area contributed by atoms with Gasteiger partial charge in [0.25, 0.3) is 0 Å². The fraction of sp³-hybridized carbons (Fsp3) is 0.692. The van der Waals surface area contributed by atoms with Crippen LogP contribution in [-0.4, -0.2) is 34.3 Å². The molecular formula is C13H19N3O. The van der Waals surface area contributed by atoms with Crippen molar-refractivity contribution in [3.05, 3.63) is 18.0 Å². The molecule has 92 valence electrons. The van der Waals surface area contributed by atoms with Gasteiger partial charge < -0.3 is 10.0 Å². The molecule has 1 saturated heterocycles. The van der Waals surface area contributed by atoms with Gasteiger partial charge in [-0.15, -0.1) is 0 Å². The summed E-state index contributed by atoms with van der Waals surface area (Å²) in [5.74, 6) is 2.67. The SMILES string of the molecule is CCc1cnc(N2CC3C(C(C)O)[C@H]3C2)nc1. The highest BCUT2D eigenvalue weighted by Crippen LogP contribution is 2.53. The fourth-order valence-corrected chi connectivity index (χ4v) is 3.14. The summed E-state index contributed by atoms with van der Waals surface area (Å²) in [5, 5.41) is 9.57. The third-order valence-corrected chi connectivity index (χ3v) is 4.20. The normalized spacial score (nSPS) is 32.4. The van der Waals surface area contributed by atoms with Crippen molar-refractivity contribution in [2.75, 3.05) is 18.0 Å². The second-order valence-corrected chi connectivity index (χ2v) is 5.30. The molecule has 1 N–H and O–H groups in total. The summed E-state index contributed by atoms with van der Waals surface area (Å²) in [4.78, 5) is 11.1. The Morgan fingerprint density at radius 2 is 1.94 bits per heavy atom. The van der Waals surface area contributed by atoms with Gasteiger partial charge in [0.05, 0.1) is 6.10 Å². The Balaban J connectivity index is 1.65. The van der Waals surface area contributed by atoms with E-state index in [1.165, 1.54) is 5.56 Å². The fourth-order valence-electron chi connectivity index (χ4n) is 3.14. The Morgan fingerprint density at radius 1 is 1.35 bits per heavy atom. The molecule has 3 unspecified atom stereocenters. The molecule has 4 nitrogen and oxygen atoms in total. The standard InChI is InChI=1S/C13H19N3O/c1-3-9-4-14-13(15-5-9)16-6-10-11(7-16)12(10)8(2)17/h4-5,8,10-12,17H,3,6-7H2,1-2H3/t8?,10-,11?,12?/m0/s1. The molecule has 2 fully saturated rings. The third-order valence-electron chi connectivity index (χ3n) is 4.20. The van der Waals surface area contributed by atoms with E-state index in [1.807, 2.05) is 19.3 Å². The summed E-state index contributed by atoms with van der Waals surface area (Å²) < 4.78 is 0. The van der Waals surface area contributed by atoms with E-state index >= 15 is 0 Å². The number of hydrogen-bond donors (Lipinski definition) is 1. The predicted octanol–water partition coefficient (Wildman–Crippen LogP) is 1.10. The predicted molar refractivity (Wildman–Crippen MR) is 65.8 cm³/mol. The molecule has 2 aliphatic rings. The summed E-state index contributed by atoms with van der Waals surface area (Å²) in [7, 11) is 0. The molecule has 17 heavy (non-hydrogen) atoms. The van der Waals surface area contributed by atoms with Gasteiger partial charge in [-0.1, -0.05) is 6.92 Å². The number of piperidine rings is 1. The van der Waals surface area contributed by atoms with Crippen molar-refractivity contribution in [1.82, 2.24) is 9.97 Å². The number of anilines is 1. The van der Waals surface area contributed by atoms with Crippen molar-refractivity contribution in [3.8, 4) is 0 Å². The van der Waals surface area contributed by atoms with Crippen LogP contribution in [0.1, 0.15) is 19.4 Å². The minimum atomic E-state index is -0.157. The summed E-state index contributed by atoms with van der Waals surface area (Å²) in [6, 6.07) is 0. The summed E-state index contributed by atoms with van der Waals surface area (Å²) in [6.45, 7) is 6.02. The first kappa shape index (κ1) is 11.0. The van der Waals surface area contributed by atoms with E-state index in [2.05, 4.69) is 21.8 Å². The summed E-state index contributed by atoms with van der Waals surface area (Å²) in [5.41, 5.74) is 1.18. The van der Waals surface area contributed by atoms with Gasteiger partial charge in [-0.2, -0.15) is 0 Å². The molecule has 2 heterocycles. The lowest BCUT2D eigenvalue weighted by molar-refractivity contribution is 0.157. The Morgan fingerprint density at radius 3 is 2.41 bits per heavy atom. The molecule has 0 amide bonds. The highest BCUT2D eigenvalue weighted by molar-refractivity contribution is 5.35. The van der Waals surface area contributed by atoms with Crippen LogP contribution >= 0.6 is 0 Å². The van der Waals surface area contributed by atoms with E-state index in [-0.39, 0.29) is 6.10 Å². The number of hydrogen-bond acceptors (Lipinski definition) is 4. The van der Waals surface area contributed by atoms with Crippen LogP contribution in [0.5, 0.6) is 0 Å². The van der Waals surface area contributed by atoms with Gasteiger partial charge in [0.2, 0.25) is 5.95 Å². The maximum atomic E-state index is 9.57. The van der Waals surface area contributed by atoms with Gasteiger partial charge in [-0.05, 0) is 36.7 Å². The molecule has 1 aliphatic heterocycles. The lowest BCUT2D eigenvalue weighted by atomic mass is 10.2. The Hall–Kier alpha value is -1.16.